The van der Waals surface area contributed by atoms with Crippen LogP contribution >= 0.6 is 0 Å². The smallest absolute Gasteiger partial charge is 0.411 e. The van der Waals surface area contributed by atoms with E-state index in [1.54, 1.807) is 0 Å². The van der Waals surface area contributed by atoms with E-state index in [0.717, 1.165) is 11.3 Å². The van der Waals surface area contributed by atoms with Gasteiger partial charge in [0.15, 0.2) is 0 Å². The SMILES string of the molecule is NCCc1ccccc1OCCCOCC(F)(F)F. The zero-order chi connectivity index (χ0) is 14.1. The monoisotopic (exact) mass is 277 g/mol. The van der Waals surface area contributed by atoms with Crippen LogP contribution in [0.1, 0.15) is 12.0 Å². The number of hydrogen-bond donors (Lipinski definition) is 1. The zero-order valence-electron chi connectivity index (χ0n) is 10.6. The van der Waals surface area contributed by atoms with Gasteiger partial charge in [-0.1, -0.05) is 18.2 Å². The number of rotatable bonds is 8. The molecule has 1 rings (SSSR count). The van der Waals surface area contributed by atoms with Crippen molar-refractivity contribution in [2.75, 3.05) is 26.4 Å². The van der Waals surface area contributed by atoms with Gasteiger partial charge in [-0.2, -0.15) is 13.2 Å². The van der Waals surface area contributed by atoms with Crippen LogP contribution in [0.2, 0.25) is 0 Å². The quantitative estimate of drug-likeness (QED) is 0.743. The normalized spacial score (nSPS) is 11.6. The van der Waals surface area contributed by atoms with Crippen LogP contribution in [0.3, 0.4) is 0 Å². The molecule has 0 saturated carbocycles. The van der Waals surface area contributed by atoms with Crippen LogP contribution in [0, 0.1) is 0 Å². The van der Waals surface area contributed by atoms with E-state index in [1.807, 2.05) is 24.3 Å². The molecule has 0 heterocycles. The van der Waals surface area contributed by atoms with Gasteiger partial charge in [-0.05, 0) is 24.6 Å². The molecule has 3 nitrogen and oxygen atoms in total. The molecular formula is C13H18F3NO2. The zero-order valence-corrected chi connectivity index (χ0v) is 10.6. The van der Waals surface area contributed by atoms with Crippen molar-refractivity contribution in [3.8, 4) is 5.75 Å². The lowest BCUT2D eigenvalue weighted by atomic mass is 10.1. The lowest BCUT2D eigenvalue weighted by molar-refractivity contribution is -0.174. The van der Waals surface area contributed by atoms with Crippen molar-refractivity contribution in [3.05, 3.63) is 29.8 Å². The highest BCUT2D eigenvalue weighted by Crippen LogP contribution is 2.18. The summed E-state index contributed by atoms with van der Waals surface area (Å²) in [7, 11) is 0. The molecular weight excluding hydrogens is 259 g/mol. The highest BCUT2D eigenvalue weighted by Gasteiger charge is 2.27. The minimum absolute atomic E-state index is 0.0264. The van der Waals surface area contributed by atoms with Crippen LogP contribution in [0.25, 0.3) is 0 Å². The first-order valence-electron chi connectivity index (χ1n) is 6.08. The van der Waals surface area contributed by atoms with Crippen molar-refractivity contribution in [1.29, 1.82) is 0 Å². The van der Waals surface area contributed by atoms with Crippen LogP contribution in [-0.2, 0) is 11.2 Å². The third kappa shape index (κ3) is 7.03. The number of nitrogens with two attached hydrogens (primary N) is 1. The summed E-state index contributed by atoms with van der Waals surface area (Å²) in [5.41, 5.74) is 6.48. The topological polar surface area (TPSA) is 44.5 Å². The number of para-hydroxylation sites is 1. The van der Waals surface area contributed by atoms with Gasteiger partial charge in [0.2, 0.25) is 0 Å². The average Bonchev–Trinajstić information content (AvgIpc) is 2.34. The number of ether oxygens (including phenoxy) is 2. The van der Waals surface area contributed by atoms with Gasteiger partial charge in [-0.15, -0.1) is 0 Å². The Morgan fingerprint density at radius 2 is 1.84 bits per heavy atom. The fourth-order valence-corrected chi connectivity index (χ4v) is 1.54. The summed E-state index contributed by atoms with van der Waals surface area (Å²) in [4.78, 5) is 0. The maximum absolute atomic E-state index is 11.8. The van der Waals surface area contributed by atoms with Crippen molar-refractivity contribution in [3.63, 3.8) is 0 Å². The second kappa shape index (κ2) is 8.01. The predicted octanol–water partition coefficient (Wildman–Crippen LogP) is 2.54. The van der Waals surface area contributed by atoms with Gasteiger partial charge in [-0.25, -0.2) is 0 Å². The molecule has 0 bridgehead atoms. The molecule has 1 aromatic rings. The van der Waals surface area contributed by atoms with E-state index < -0.39 is 12.8 Å². The van der Waals surface area contributed by atoms with E-state index in [2.05, 4.69) is 4.74 Å². The van der Waals surface area contributed by atoms with Crippen LogP contribution in [-0.4, -0.2) is 32.5 Å². The molecule has 0 saturated heterocycles. The maximum Gasteiger partial charge on any atom is 0.411 e. The van der Waals surface area contributed by atoms with Crippen LogP contribution in [0.4, 0.5) is 13.2 Å². The maximum atomic E-state index is 11.8. The third-order valence-corrected chi connectivity index (χ3v) is 2.34. The van der Waals surface area contributed by atoms with E-state index in [4.69, 9.17) is 10.5 Å². The van der Waals surface area contributed by atoms with Gasteiger partial charge in [0.25, 0.3) is 0 Å². The number of benzene rings is 1. The Morgan fingerprint density at radius 3 is 2.53 bits per heavy atom. The average molecular weight is 277 g/mol. The van der Waals surface area contributed by atoms with Crippen molar-refractivity contribution in [2.45, 2.75) is 19.0 Å². The van der Waals surface area contributed by atoms with E-state index in [-0.39, 0.29) is 6.61 Å². The minimum Gasteiger partial charge on any atom is -0.493 e. The predicted molar refractivity (Wildman–Crippen MR) is 66.2 cm³/mol. The molecule has 0 radical (unpaired) electrons. The summed E-state index contributed by atoms with van der Waals surface area (Å²) in [5, 5.41) is 0. The van der Waals surface area contributed by atoms with Crippen LogP contribution in [0.15, 0.2) is 24.3 Å². The summed E-state index contributed by atoms with van der Waals surface area (Å²) < 4.78 is 45.4. The standard InChI is InChI=1S/C13H18F3NO2/c14-13(15,16)10-18-8-3-9-19-12-5-2-1-4-11(12)6-7-17/h1-2,4-5H,3,6-10,17H2. The van der Waals surface area contributed by atoms with Crippen LogP contribution < -0.4 is 10.5 Å². The lowest BCUT2D eigenvalue weighted by Gasteiger charge is -2.11. The summed E-state index contributed by atoms with van der Waals surface area (Å²) in [5.74, 6) is 0.726. The highest BCUT2D eigenvalue weighted by atomic mass is 19.4. The Hall–Kier alpha value is -1.27. The molecule has 0 fully saturated rings. The summed E-state index contributed by atoms with van der Waals surface area (Å²) in [6.07, 6.45) is -3.15. The van der Waals surface area contributed by atoms with Gasteiger partial charge >= 0.3 is 6.18 Å². The molecule has 0 aliphatic rings. The van der Waals surface area contributed by atoms with E-state index in [9.17, 15) is 13.2 Å². The van der Waals surface area contributed by atoms with E-state index in [0.29, 0.717) is 26.0 Å². The van der Waals surface area contributed by atoms with Gasteiger partial charge in [0, 0.05) is 6.42 Å². The van der Waals surface area contributed by atoms with Crippen molar-refractivity contribution in [2.24, 2.45) is 5.73 Å². The molecule has 0 aliphatic heterocycles. The van der Waals surface area contributed by atoms with Gasteiger partial charge in [0.05, 0.1) is 13.2 Å². The van der Waals surface area contributed by atoms with Crippen molar-refractivity contribution >= 4 is 0 Å². The molecule has 19 heavy (non-hydrogen) atoms. The minimum atomic E-state index is -4.27. The Balaban J connectivity index is 2.22. The molecule has 108 valence electrons. The molecule has 0 aromatic heterocycles. The Morgan fingerprint density at radius 1 is 1.11 bits per heavy atom. The molecule has 0 atom stereocenters. The van der Waals surface area contributed by atoms with E-state index >= 15 is 0 Å². The first-order chi connectivity index (χ1) is 9.03. The molecule has 0 unspecified atom stereocenters. The third-order valence-electron chi connectivity index (χ3n) is 2.34. The van der Waals surface area contributed by atoms with Crippen molar-refractivity contribution in [1.82, 2.24) is 0 Å². The fraction of sp³-hybridized carbons (Fsp3) is 0.538. The second-order valence-corrected chi connectivity index (χ2v) is 4.02. The summed E-state index contributed by atoms with van der Waals surface area (Å²) in [6.45, 7) is -0.343. The van der Waals surface area contributed by atoms with Gasteiger partial charge < -0.3 is 15.2 Å². The first kappa shape index (κ1) is 15.8. The lowest BCUT2D eigenvalue weighted by Crippen LogP contribution is -2.18. The molecule has 1 aromatic carbocycles. The molecule has 0 aliphatic carbocycles. The van der Waals surface area contributed by atoms with E-state index in [1.165, 1.54) is 0 Å². The molecule has 6 heteroatoms. The molecule has 2 N–H and O–H groups in total. The molecule has 0 amide bonds. The summed E-state index contributed by atoms with van der Waals surface area (Å²) in [6, 6.07) is 7.48. The second-order valence-electron chi connectivity index (χ2n) is 4.02. The number of halogens is 3. The van der Waals surface area contributed by atoms with Gasteiger partial charge in [0.1, 0.15) is 12.4 Å². The van der Waals surface area contributed by atoms with Crippen LogP contribution in [0.5, 0.6) is 5.75 Å². The number of hydrogen-bond acceptors (Lipinski definition) is 3. The first-order valence-corrected chi connectivity index (χ1v) is 6.08. The number of alkyl halides is 3. The van der Waals surface area contributed by atoms with Gasteiger partial charge in [-0.3, -0.25) is 0 Å². The Bertz CT molecular complexity index is 369. The Kier molecular flexibility index (Phi) is 6.66. The fourth-order valence-electron chi connectivity index (χ4n) is 1.54. The largest absolute Gasteiger partial charge is 0.493 e. The van der Waals surface area contributed by atoms with Crippen molar-refractivity contribution < 1.29 is 22.6 Å². The molecule has 0 spiro atoms. The summed E-state index contributed by atoms with van der Waals surface area (Å²) >= 11 is 0. The highest BCUT2D eigenvalue weighted by molar-refractivity contribution is 5.33. The Labute approximate surface area is 110 Å².